The molecule has 0 bridgehead atoms. The number of hydrogen-bond acceptors (Lipinski definition) is 6. The van der Waals surface area contributed by atoms with Gasteiger partial charge in [0.2, 0.25) is 5.89 Å². The van der Waals surface area contributed by atoms with Gasteiger partial charge in [-0.3, -0.25) is 0 Å². The second-order valence-corrected chi connectivity index (χ2v) is 3.52. The maximum absolute atomic E-state index is 5.76. The quantitative estimate of drug-likeness (QED) is 0.808. The minimum atomic E-state index is 0.441. The van der Waals surface area contributed by atoms with Gasteiger partial charge in [0.1, 0.15) is 5.82 Å². The Balaban J connectivity index is 2.02. The SMILES string of the molecule is Cc1noc(CNc2cc(N)c(C)cn2)n1. The van der Waals surface area contributed by atoms with Crippen LogP contribution in [-0.2, 0) is 6.54 Å². The van der Waals surface area contributed by atoms with Crippen molar-refractivity contribution in [3.8, 4) is 0 Å². The molecular formula is C10H13N5O. The fourth-order valence-corrected chi connectivity index (χ4v) is 1.21. The lowest BCUT2D eigenvalue weighted by atomic mass is 10.2. The zero-order valence-corrected chi connectivity index (χ0v) is 9.19. The Bertz CT molecular complexity index is 494. The summed E-state index contributed by atoms with van der Waals surface area (Å²) in [6.45, 7) is 4.12. The van der Waals surface area contributed by atoms with Gasteiger partial charge in [0, 0.05) is 18.0 Å². The van der Waals surface area contributed by atoms with Gasteiger partial charge in [-0.25, -0.2) is 4.98 Å². The summed E-state index contributed by atoms with van der Waals surface area (Å²) in [5, 5.41) is 6.74. The number of aromatic nitrogens is 3. The van der Waals surface area contributed by atoms with E-state index in [1.54, 1.807) is 19.2 Å². The summed E-state index contributed by atoms with van der Waals surface area (Å²) in [6.07, 6.45) is 1.72. The molecule has 2 heterocycles. The molecule has 2 aromatic heterocycles. The predicted molar refractivity (Wildman–Crippen MR) is 59.7 cm³/mol. The summed E-state index contributed by atoms with van der Waals surface area (Å²) >= 11 is 0. The highest BCUT2D eigenvalue weighted by Gasteiger charge is 2.03. The Morgan fingerprint density at radius 2 is 2.25 bits per heavy atom. The van der Waals surface area contributed by atoms with E-state index >= 15 is 0 Å². The molecule has 0 amide bonds. The number of pyridine rings is 1. The third-order valence-corrected chi connectivity index (χ3v) is 2.14. The van der Waals surface area contributed by atoms with Crippen LogP contribution in [-0.4, -0.2) is 15.1 Å². The van der Waals surface area contributed by atoms with Gasteiger partial charge in [-0.2, -0.15) is 4.98 Å². The molecule has 0 fully saturated rings. The third-order valence-electron chi connectivity index (χ3n) is 2.14. The molecule has 0 aromatic carbocycles. The van der Waals surface area contributed by atoms with E-state index < -0.39 is 0 Å². The molecule has 0 radical (unpaired) electrons. The standard InChI is InChI=1S/C10H13N5O/c1-6-4-12-9(3-8(6)11)13-5-10-14-7(2)15-16-10/h3-4H,5H2,1-2H3,(H3,11,12,13). The number of aryl methyl sites for hydroxylation is 2. The van der Waals surface area contributed by atoms with Gasteiger partial charge in [-0.15, -0.1) is 0 Å². The maximum Gasteiger partial charge on any atom is 0.245 e. The van der Waals surface area contributed by atoms with Crippen molar-refractivity contribution in [3.05, 3.63) is 29.5 Å². The first-order chi connectivity index (χ1) is 7.65. The maximum atomic E-state index is 5.76. The van der Waals surface area contributed by atoms with Gasteiger partial charge in [0.05, 0.1) is 6.54 Å². The van der Waals surface area contributed by atoms with Crippen LogP contribution in [0.2, 0.25) is 0 Å². The molecule has 0 aliphatic rings. The summed E-state index contributed by atoms with van der Waals surface area (Å²) < 4.78 is 4.96. The van der Waals surface area contributed by atoms with E-state index in [1.807, 2.05) is 6.92 Å². The van der Waals surface area contributed by atoms with Gasteiger partial charge in [-0.1, -0.05) is 5.16 Å². The van der Waals surface area contributed by atoms with E-state index in [1.165, 1.54) is 0 Å². The van der Waals surface area contributed by atoms with Crippen LogP contribution in [0, 0.1) is 13.8 Å². The first-order valence-electron chi connectivity index (χ1n) is 4.90. The molecule has 0 unspecified atom stereocenters. The average Bonchev–Trinajstić information content (AvgIpc) is 2.66. The molecule has 16 heavy (non-hydrogen) atoms. The van der Waals surface area contributed by atoms with Crippen LogP contribution in [0.15, 0.2) is 16.8 Å². The highest BCUT2D eigenvalue weighted by atomic mass is 16.5. The number of nitrogens with two attached hydrogens (primary N) is 1. The number of rotatable bonds is 3. The molecule has 6 nitrogen and oxygen atoms in total. The van der Waals surface area contributed by atoms with Crippen LogP contribution in [0.1, 0.15) is 17.3 Å². The Morgan fingerprint density at radius 1 is 1.44 bits per heavy atom. The van der Waals surface area contributed by atoms with E-state index in [0.29, 0.717) is 29.8 Å². The van der Waals surface area contributed by atoms with Crippen molar-refractivity contribution in [1.29, 1.82) is 0 Å². The first kappa shape index (κ1) is 10.4. The number of nitrogens with one attached hydrogen (secondary N) is 1. The third kappa shape index (κ3) is 2.28. The van der Waals surface area contributed by atoms with Crippen LogP contribution in [0.3, 0.4) is 0 Å². The number of hydrogen-bond donors (Lipinski definition) is 2. The van der Waals surface area contributed by atoms with Crippen molar-refractivity contribution in [2.45, 2.75) is 20.4 Å². The summed E-state index contributed by atoms with van der Waals surface area (Å²) in [6, 6.07) is 1.78. The molecule has 2 rings (SSSR count). The largest absolute Gasteiger partial charge is 0.398 e. The molecule has 0 saturated heterocycles. The van der Waals surface area contributed by atoms with Crippen LogP contribution >= 0.6 is 0 Å². The Labute approximate surface area is 92.9 Å². The molecule has 0 saturated carbocycles. The number of nitrogens with zero attached hydrogens (tertiary/aromatic N) is 3. The second-order valence-electron chi connectivity index (χ2n) is 3.52. The van der Waals surface area contributed by atoms with Gasteiger partial charge < -0.3 is 15.6 Å². The molecule has 0 aliphatic heterocycles. The second kappa shape index (κ2) is 4.18. The van der Waals surface area contributed by atoms with E-state index in [9.17, 15) is 0 Å². The minimum absolute atomic E-state index is 0.441. The molecule has 0 aliphatic carbocycles. The van der Waals surface area contributed by atoms with Crippen LogP contribution in [0.5, 0.6) is 0 Å². The van der Waals surface area contributed by atoms with Gasteiger partial charge in [-0.05, 0) is 19.4 Å². The van der Waals surface area contributed by atoms with Crippen molar-refractivity contribution in [1.82, 2.24) is 15.1 Å². The van der Waals surface area contributed by atoms with E-state index in [2.05, 4.69) is 20.4 Å². The molecule has 3 N–H and O–H groups in total. The van der Waals surface area contributed by atoms with Crippen LogP contribution in [0.25, 0.3) is 0 Å². The van der Waals surface area contributed by atoms with E-state index in [-0.39, 0.29) is 0 Å². The van der Waals surface area contributed by atoms with Crippen LogP contribution in [0.4, 0.5) is 11.5 Å². The lowest BCUT2D eigenvalue weighted by molar-refractivity contribution is 0.379. The van der Waals surface area contributed by atoms with Crippen LogP contribution < -0.4 is 11.1 Å². The highest BCUT2D eigenvalue weighted by molar-refractivity contribution is 5.53. The van der Waals surface area contributed by atoms with Crippen molar-refractivity contribution in [2.75, 3.05) is 11.1 Å². The Kier molecular flexibility index (Phi) is 2.72. The van der Waals surface area contributed by atoms with Crippen molar-refractivity contribution in [3.63, 3.8) is 0 Å². The fraction of sp³-hybridized carbons (Fsp3) is 0.300. The summed E-state index contributed by atoms with van der Waals surface area (Å²) in [5.41, 5.74) is 7.43. The topological polar surface area (TPSA) is 89.9 Å². The minimum Gasteiger partial charge on any atom is -0.398 e. The Morgan fingerprint density at radius 3 is 2.88 bits per heavy atom. The number of nitrogen functional groups attached to an aromatic ring is 1. The molecule has 6 heteroatoms. The monoisotopic (exact) mass is 219 g/mol. The van der Waals surface area contributed by atoms with E-state index in [4.69, 9.17) is 10.3 Å². The summed E-state index contributed by atoms with van der Waals surface area (Å²) in [5.74, 6) is 1.84. The molecule has 84 valence electrons. The van der Waals surface area contributed by atoms with Gasteiger partial charge in [0.25, 0.3) is 0 Å². The number of anilines is 2. The fourth-order valence-electron chi connectivity index (χ4n) is 1.21. The van der Waals surface area contributed by atoms with E-state index in [0.717, 1.165) is 5.56 Å². The van der Waals surface area contributed by atoms with Crippen molar-refractivity contribution in [2.24, 2.45) is 0 Å². The lowest BCUT2D eigenvalue weighted by Gasteiger charge is -2.04. The zero-order valence-electron chi connectivity index (χ0n) is 9.19. The van der Waals surface area contributed by atoms with Crippen molar-refractivity contribution < 1.29 is 4.52 Å². The zero-order chi connectivity index (χ0) is 11.5. The van der Waals surface area contributed by atoms with Gasteiger partial charge in [0.15, 0.2) is 5.82 Å². The summed E-state index contributed by atoms with van der Waals surface area (Å²) in [4.78, 5) is 8.25. The van der Waals surface area contributed by atoms with Gasteiger partial charge >= 0.3 is 0 Å². The Hall–Kier alpha value is -2.11. The highest BCUT2D eigenvalue weighted by Crippen LogP contribution is 2.14. The molecule has 2 aromatic rings. The lowest BCUT2D eigenvalue weighted by Crippen LogP contribution is -2.03. The predicted octanol–water partition coefficient (Wildman–Crippen LogP) is 1.28. The first-order valence-corrected chi connectivity index (χ1v) is 4.90. The summed E-state index contributed by atoms with van der Waals surface area (Å²) in [7, 11) is 0. The van der Waals surface area contributed by atoms with Crippen molar-refractivity contribution >= 4 is 11.5 Å². The average molecular weight is 219 g/mol. The smallest absolute Gasteiger partial charge is 0.245 e. The molecular weight excluding hydrogens is 206 g/mol. The normalized spacial score (nSPS) is 10.4. The molecule has 0 spiro atoms. The molecule has 0 atom stereocenters.